The standard InChI is InChI=1S/C18H18N2O/c1-2-17-16(13-14-9-5-3-6-10-14)18(21)20(19-17)15-11-7-4-8-12-15/h3-12,16H,2,13H2,1H3. The van der Waals surface area contributed by atoms with Gasteiger partial charge < -0.3 is 0 Å². The lowest BCUT2D eigenvalue weighted by molar-refractivity contribution is -0.119. The Balaban J connectivity index is 1.86. The molecular weight excluding hydrogens is 260 g/mol. The van der Waals surface area contributed by atoms with Gasteiger partial charge in [0.25, 0.3) is 5.91 Å². The fourth-order valence-corrected chi connectivity index (χ4v) is 2.66. The Kier molecular flexibility index (Phi) is 3.82. The Morgan fingerprint density at radius 1 is 1.00 bits per heavy atom. The number of hydrazone groups is 1. The molecule has 0 aliphatic carbocycles. The summed E-state index contributed by atoms with van der Waals surface area (Å²) in [5.41, 5.74) is 2.98. The molecular formula is C18H18N2O. The van der Waals surface area contributed by atoms with Gasteiger partial charge in [0.15, 0.2) is 0 Å². The first-order valence-corrected chi connectivity index (χ1v) is 7.30. The van der Waals surface area contributed by atoms with E-state index in [1.54, 1.807) is 5.01 Å². The predicted molar refractivity (Wildman–Crippen MR) is 85.3 cm³/mol. The average Bonchev–Trinajstić information content (AvgIpc) is 2.86. The smallest absolute Gasteiger partial charge is 0.256 e. The number of benzene rings is 2. The molecule has 106 valence electrons. The summed E-state index contributed by atoms with van der Waals surface area (Å²) in [5, 5.41) is 6.08. The van der Waals surface area contributed by atoms with Crippen molar-refractivity contribution in [3.05, 3.63) is 66.2 Å². The fourth-order valence-electron chi connectivity index (χ4n) is 2.66. The lowest BCUT2D eigenvalue weighted by Gasteiger charge is -2.14. The summed E-state index contributed by atoms with van der Waals surface area (Å²) in [6, 6.07) is 19.7. The van der Waals surface area contributed by atoms with E-state index >= 15 is 0 Å². The SMILES string of the molecule is CCC1=NN(c2ccccc2)C(=O)C1Cc1ccccc1. The van der Waals surface area contributed by atoms with Crippen LogP contribution in [0.4, 0.5) is 5.69 Å². The molecule has 1 aliphatic heterocycles. The van der Waals surface area contributed by atoms with E-state index in [-0.39, 0.29) is 11.8 Å². The molecule has 0 spiro atoms. The Labute approximate surface area is 124 Å². The molecule has 1 heterocycles. The minimum Gasteiger partial charge on any atom is -0.272 e. The van der Waals surface area contributed by atoms with Gasteiger partial charge in [-0.05, 0) is 30.5 Å². The van der Waals surface area contributed by atoms with E-state index in [1.807, 2.05) is 48.5 Å². The normalized spacial score (nSPS) is 18.0. The highest BCUT2D eigenvalue weighted by atomic mass is 16.2. The first-order chi connectivity index (χ1) is 10.3. The van der Waals surface area contributed by atoms with Crippen molar-refractivity contribution in [2.45, 2.75) is 19.8 Å². The number of carbonyl (C=O) groups excluding carboxylic acids is 1. The van der Waals surface area contributed by atoms with Crippen molar-refractivity contribution in [2.75, 3.05) is 5.01 Å². The van der Waals surface area contributed by atoms with Gasteiger partial charge in [-0.3, -0.25) is 4.79 Å². The van der Waals surface area contributed by atoms with E-state index < -0.39 is 0 Å². The van der Waals surface area contributed by atoms with Gasteiger partial charge in [0.05, 0.1) is 17.3 Å². The summed E-state index contributed by atoms with van der Waals surface area (Å²) < 4.78 is 0. The number of carbonyl (C=O) groups is 1. The molecule has 0 aromatic heterocycles. The van der Waals surface area contributed by atoms with Crippen LogP contribution in [0.2, 0.25) is 0 Å². The van der Waals surface area contributed by atoms with Crippen molar-refractivity contribution in [1.82, 2.24) is 0 Å². The fraction of sp³-hybridized carbons (Fsp3) is 0.222. The van der Waals surface area contributed by atoms with Gasteiger partial charge in [0.1, 0.15) is 0 Å². The molecule has 0 bridgehead atoms. The van der Waals surface area contributed by atoms with Gasteiger partial charge in [-0.2, -0.15) is 5.10 Å². The number of amides is 1. The molecule has 1 atom stereocenters. The third kappa shape index (κ3) is 2.72. The second-order valence-corrected chi connectivity index (χ2v) is 5.17. The van der Waals surface area contributed by atoms with Crippen molar-refractivity contribution in [1.29, 1.82) is 0 Å². The van der Waals surface area contributed by atoms with Crippen LogP contribution in [0.15, 0.2) is 65.8 Å². The number of hydrogen-bond acceptors (Lipinski definition) is 2. The van der Waals surface area contributed by atoms with Crippen LogP contribution in [-0.4, -0.2) is 11.6 Å². The second-order valence-electron chi connectivity index (χ2n) is 5.17. The number of rotatable bonds is 4. The van der Waals surface area contributed by atoms with Gasteiger partial charge in [0.2, 0.25) is 0 Å². The quantitative estimate of drug-likeness (QED) is 0.840. The number of nitrogens with zero attached hydrogens (tertiary/aromatic N) is 2. The molecule has 2 aromatic rings. The zero-order chi connectivity index (χ0) is 14.7. The second kappa shape index (κ2) is 5.92. The van der Waals surface area contributed by atoms with E-state index in [0.29, 0.717) is 0 Å². The zero-order valence-electron chi connectivity index (χ0n) is 12.1. The van der Waals surface area contributed by atoms with E-state index in [2.05, 4.69) is 24.2 Å². The first kappa shape index (κ1) is 13.6. The van der Waals surface area contributed by atoms with Crippen LogP contribution in [-0.2, 0) is 11.2 Å². The predicted octanol–water partition coefficient (Wildman–Crippen LogP) is 3.66. The third-order valence-corrected chi connectivity index (χ3v) is 3.78. The van der Waals surface area contributed by atoms with Crippen LogP contribution in [0.5, 0.6) is 0 Å². The highest BCUT2D eigenvalue weighted by Crippen LogP contribution is 2.27. The molecule has 3 heteroatoms. The molecule has 21 heavy (non-hydrogen) atoms. The topological polar surface area (TPSA) is 32.7 Å². The zero-order valence-corrected chi connectivity index (χ0v) is 12.1. The molecule has 0 fully saturated rings. The van der Waals surface area contributed by atoms with Crippen molar-refractivity contribution >= 4 is 17.3 Å². The minimum absolute atomic E-state index is 0.0712. The Morgan fingerprint density at radius 3 is 2.24 bits per heavy atom. The summed E-state index contributed by atoms with van der Waals surface area (Å²) in [5.74, 6) is -0.0699. The van der Waals surface area contributed by atoms with Crippen molar-refractivity contribution < 1.29 is 4.79 Å². The summed E-state index contributed by atoms with van der Waals surface area (Å²) in [7, 11) is 0. The summed E-state index contributed by atoms with van der Waals surface area (Å²) in [6.45, 7) is 2.05. The van der Waals surface area contributed by atoms with E-state index in [1.165, 1.54) is 5.56 Å². The minimum atomic E-state index is -0.141. The van der Waals surface area contributed by atoms with Crippen molar-refractivity contribution in [2.24, 2.45) is 11.0 Å². The molecule has 0 saturated heterocycles. The molecule has 1 amide bonds. The Hall–Kier alpha value is -2.42. The average molecular weight is 278 g/mol. The maximum atomic E-state index is 12.7. The molecule has 3 nitrogen and oxygen atoms in total. The number of hydrogen-bond donors (Lipinski definition) is 0. The Morgan fingerprint density at radius 2 is 1.62 bits per heavy atom. The summed E-state index contributed by atoms with van der Waals surface area (Å²) >= 11 is 0. The van der Waals surface area contributed by atoms with Gasteiger partial charge in [-0.25, -0.2) is 5.01 Å². The lowest BCUT2D eigenvalue weighted by atomic mass is 9.93. The van der Waals surface area contributed by atoms with Gasteiger partial charge in [-0.15, -0.1) is 0 Å². The molecule has 0 saturated carbocycles. The molecule has 2 aromatic carbocycles. The van der Waals surface area contributed by atoms with E-state index in [9.17, 15) is 4.79 Å². The van der Waals surface area contributed by atoms with Gasteiger partial charge in [-0.1, -0.05) is 55.5 Å². The largest absolute Gasteiger partial charge is 0.272 e. The van der Waals surface area contributed by atoms with Crippen LogP contribution < -0.4 is 5.01 Å². The molecule has 1 aliphatic rings. The number of para-hydroxylation sites is 1. The van der Waals surface area contributed by atoms with Crippen LogP contribution in [0.3, 0.4) is 0 Å². The van der Waals surface area contributed by atoms with Crippen LogP contribution in [0, 0.1) is 5.92 Å². The van der Waals surface area contributed by atoms with Crippen LogP contribution >= 0.6 is 0 Å². The highest BCUT2D eigenvalue weighted by Gasteiger charge is 2.35. The molecule has 0 radical (unpaired) electrons. The third-order valence-electron chi connectivity index (χ3n) is 3.78. The first-order valence-electron chi connectivity index (χ1n) is 7.30. The van der Waals surface area contributed by atoms with Gasteiger partial charge >= 0.3 is 0 Å². The number of anilines is 1. The van der Waals surface area contributed by atoms with Crippen molar-refractivity contribution in [3.8, 4) is 0 Å². The molecule has 1 unspecified atom stereocenters. The van der Waals surface area contributed by atoms with Gasteiger partial charge in [0, 0.05) is 0 Å². The molecule has 0 N–H and O–H groups in total. The lowest BCUT2D eigenvalue weighted by Crippen LogP contribution is -2.28. The highest BCUT2D eigenvalue weighted by molar-refractivity contribution is 6.15. The Bertz CT molecular complexity index is 649. The summed E-state index contributed by atoms with van der Waals surface area (Å²) in [4.78, 5) is 12.7. The van der Waals surface area contributed by atoms with E-state index in [0.717, 1.165) is 24.2 Å². The van der Waals surface area contributed by atoms with Crippen LogP contribution in [0.25, 0.3) is 0 Å². The maximum absolute atomic E-state index is 12.7. The maximum Gasteiger partial charge on any atom is 0.256 e. The molecule has 3 rings (SSSR count). The summed E-state index contributed by atoms with van der Waals surface area (Å²) in [6.07, 6.45) is 1.52. The van der Waals surface area contributed by atoms with Crippen molar-refractivity contribution in [3.63, 3.8) is 0 Å². The van der Waals surface area contributed by atoms with Crippen LogP contribution in [0.1, 0.15) is 18.9 Å². The van der Waals surface area contributed by atoms with E-state index in [4.69, 9.17) is 0 Å². The monoisotopic (exact) mass is 278 g/mol.